The maximum Gasteiger partial charge on any atom is 0.237 e. The molecule has 1 aromatic carbocycles. The van der Waals surface area contributed by atoms with Gasteiger partial charge < -0.3 is 16.2 Å². The molecule has 0 bridgehead atoms. The van der Waals surface area contributed by atoms with E-state index in [-0.39, 0.29) is 22.1 Å². The Morgan fingerprint density at radius 2 is 2.05 bits per heavy atom. The Balaban J connectivity index is 2.61. The summed E-state index contributed by atoms with van der Waals surface area (Å²) in [4.78, 5) is 11.9. The summed E-state index contributed by atoms with van der Waals surface area (Å²) in [5, 5.41) is 11.7. The van der Waals surface area contributed by atoms with Crippen LogP contribution in [-0.2, 0) is 4.79 Å². The molecule has 0 spiro atoms. The molecule has 1 aromatic rings. The monoisotopic (exact) mass is 286 g/mol. The van der Waals surface area contributed by atoms with Gasteiger partial charge in [0.1, 0.15) is 5.82 Å². The summed E-state index contributed by atoms with van der Waals surface area (Å²) < 4.78 is 13.0. The number of carbonyl (C=O) groups excluding carboxylic acids is 1. The second-order valence-electron chi connectivity index (χ2n) is 4.45. The molecular formula is C13H19FN2O2S. The number of thioether (sulfide) groups is 1. The minimum absolute atomic E-state index is 0.00421. The lowest BCUT2D eigenvalue weighted by molar-refractivity contribution is -0.115. The van der Waals surface area contributed by atoms with Crippen LogP contribution in [0.25, 0.3) is 0 Å². The van der Waals surface area contributed by atoms with Crippen molar-refractivity contribution in [2.75, 3.05) is 11.1 Å². The first-order valence-corrected chi connectivity index (χ1v) is 6.95. The topological polar surface area (TPSA) is 75.3 Å². The lowest BCUT2D eigenvalue weighted by Gasteiger charge is -2.19. The number of nitrogen functional groups attached to an aromatic ring is 1. The standard InChI is InChI=1S/C13H19FN2O2S/c1-7(17)8(2)19-9(3)13(18)16-10-4-5-11(14)12(15)6-10/h4-9,17H,15H2,1-3H3,(H,16,18). The highest BCUT2D eigenvalue weighted by Gasteiger charge is 2.19. The van der Waals surface area contributed by atoms with Crippen LogP contribution in [0.4, 0.5) is 15.8 Å². The van der Waals surface area contributed by atoms with E-state index in [4.69, 9.17) is 5.73 Å². The predicted octanol–water partition coefficient (Wildman–Crippen LogP) is 2.24. The molecule has 4 nitrogen and oxygen atoms in total. The maximum absolute atomic E-state index is 13.0. The number of carbonyl (C=O) groups is 1. The van der Waals surface area contributed by atoms with Gasteiger partial charge in [-0.25, -0.2) is 4.39 Å². The van der Waals surface area contributed by atoms with E-state index in [1.54, 1.807) is 13.8 Å². The summed E-state index contributed by atoms with van der Waals surface area (Å²) in [6, 6.07) is 4.04. The zero-order chi connectivity index (χ0) is 14.6. The number of anilines is 2. The van der Waals surface area contributed by atoms with E-state index < -0.39 is 11.9 Å². The largest absolute Gasteiger partial charge is 0.396 e. The van der Waals surface area contributed by atoms with Crippen molar-refractivity contribution in [2.45, 2.75) is 37.4 Å². The Morgan fingerprint density at radius 1 is 1.42 bits per heavy atom. The van der Waals surface area contributed by atoms with Crippen molar-refractivity contribution in [3.63, 3.8) is 0 Å². The molecule has 6 heteroatoms. The van der Waals surface area contributed by atoms with E-state index in [1.165, 1.54) is 30.0 Å². The molecule has 0 aliphatic carbocycles. The fraction of sp³-hybridized carbons (Fsp3) is 0.462. The average Bonchev–Trinajstić information content (AvgIpc) is 2.33. The van der Waals surface area contributed by atoms with Crippen LogP contribution < -0.4 is 11.1 Å². The number of nitrogens with two attached hydrogens (primary N) is 1. The molecule has 3 atom stereocenters. The highest BCUT2D eigenvalue weighted by atomic mass is 32.2. The average molecular weight is 286 g/mol. The number of aliphatic hydroxyl groups is 1. The molecule has 4 N–H and O–H groups in total. The molecule has 1 amide bonds. The molecule has 1 rings (SSSR count). The minimum Gasteiger partial charge on any atom is -0.396 e. The van der Waals surface area contributed by atoms with Gasteiger partial charge in [-0.1, -0.05) is 6.92 Å². The molecule has 0 radical (unpaired) electrons. The summed E-state index contributed by atoms with van der Waals surface area (Å²) >= 11 is 1.37. The van der Waals surface area contributed by atoms with Gasteiger partial charge in [-0.2, -0.15) is 0 Å². The van der Waals surface area contributed by atoms with Crippen LogP contribution in [0.3, 0.4) is 0 Å². The first kappa shape index (κ1) is 15.8. The van der Waals surface area contributed by atoms with Crippen molar-refractivity contribution in [1.82, 2.24) is 0 Å². The van der Waals surface area contributed by atoms with E-state index in [1.807, 2.05) is 6.92 Å². The summed E-state index contributed by atoms with van der Waals surface area (Å²) in [6.07, 6.45) is -0.485. The molecule has 106 valence electrons. The lowest BCUT2D eigenvalue weighted by atomic mass is 10.2. The smallest absolute Gasteiger partial charge is 0.237 e. The van der Waals surface area contributed by atoms with Gasteiger partial charge in [-0.05, 0) is 32.0 Å². The summed E-state index contributed by atoms with van der Waals surface area (Å²) in [6.45, 7) is 5.30. The van der Waals surface area contributed by atoms with Crippen molar-refractivity contribution < 1.29 is 14.3 Å². The van der Waals surface area contributed by atoms with Crippen LogP contribution in [0.5, 0.6) is 0 Å². The fourth-order valence-corrected chi connectivity index (χ4v) is 2.42. The first-order valence-electron chi connectivity index (χ1n) is 6.00. The van der Waals surface area contributed by atoms with Crippen LogP contribution >= 0.6 is 11.8 Å². The van der Waals surface area contributed by atoms with Gasteiger partial charge in [0, 0.05) is 10.9 Å². The van der Waals surface area contributed by atoms with Gasteiger partial charge in [0.15, 0.2) is 0 Å². The van der Waals surface area contributed by atoms with Crippen LogP contribution in [0.15, 0.2) is 18.2 Å². The molecule has 3 unspecified atom stereocenters. The van der Waals surface area contributed by atoms with Gasteiger partial charge in [-0.3, -0.25) is 4.79 Å². The normalized spacial score (nSPS) is 15.6. The first-order chi connectivity index (χ1) is 8.81. The second kappa shape index (κ2) is 6.77. The molecule has 19 heavy (non-hydrogen) atoms. The predicted molar refractivity (Wildman–Crippen MR) is 77.6 cm³/mol. The van der Waals surface area contributed by atoms with E-state index in [9.17, 15) is 14.3 Å². The van der Waals surface area contributed by atoms with Gasteiger partial charge in [0.25, 0.3) is 0 Å². The number of nitrogens with one attached hydrogen (secondary N) is 1. The maximum atomic E-state index is 13.0. The summed E-state index contributed by atoms with van der Waals surface area (Å²) in [5.74, 6) is -0.716. The Hall–Kier alpha value is -1.27. The number of hydrogen-bond acceptors (Lipinski definition) is 4. The van der Waals surface area contributed by atoms with Gasteiger partial charge >= 0.3 is 0 Å². The van der Waals surface area contributed by atoms with Crippen LogP contribution in [0, 0.1) is 5.82 Å². The summed E-state index contributed by atoms with van der Waals surface area (Å²) in [5.41, 5.74) is 5.88. The molecule has 0 heterocycles. The van der Waals surface area contributed by atoms with Crippen LogP contribution in [0.1, 0.15) is 20.8 Å². The number of amides is 1. The Bertz CT molecular complexity index is 454. The van der Waals surface area contributed by atoms with E-state index in [0.29, 0.717) is 5.69 Å². The molecular weight excluding hydrogens is 267 g/mol. The highest BCUT2D eigenvalue weighted by molar-refractivity contribution is 8.01. The van der Waals surface area contributed by atoms with Gasteiger partial charge in [-0.15, -0.1) is 11.8 Å². The fourth-order valence-electron chi connectivity index (χ4n) is 1.36. The number of halogens is 1. The van der Waals surface area contributed by atoms with E-state index in [2.05, 4.69) is 5.32 Å². The van der Waals surface area contributed by atoms with Crippen molar-refractivity contribution in [3.8, 4) is 0 Å². The summed E-state index contributed by atoms with van der Waals surface area (Å²) in [7, 11) is 0. The number of hydrogen-bond donors (Lipinski definition) is 3. The third-order valence-corrected chi connectivity index (χ3v) is 4.18. The number of benzene rings is 1. The van der Waals surface area contributed by atoms with Crippen LogP contribution in [-0.4, -0.2) is 27.6 Å². The zero-order valence-corrected chi connectivity index (χ0v) is 12.0. The molecule has 0 aliphatic heterocycles. The zero-order valence-electron chi connectivity index (χ0n) is 11.2. The van der Waals surface area contributed by atoms with Gasteiger partial charge in [0.05, 0.1) is 17.0 Å². The third kappa shape index (κ3) is 4.72. The Morgan fingerprint density at radius 3 is 2.58 bits per heavy atom. The van der Waals surface area contributed by atoms with Gasteiger partial charge in [0.2, 0.25) is 5.91 Å². The molecule has 0 saturated carbocycles. The highest BCUT2D eigenvalue weighted by Crippen LogP contribution is 2.22. The SMILES string of the molecule is CC(SC(C)C(C)O)C(=O)Nc1ccc(F)c(N)c1. The number of rotatable bonds is 5. The van der Waals surface area contributed by atoms with E-state index in [0.717, 1.165) is 0 Å². The second-order valence-corrected chi connectivity index (χ2v) is 6.17. The number of aliphatic hydroxyl groups excluding tert-OH is 1. The molecule has 0 aliphatic rings. The third-order valence-electron chi connectivity index (χ3n) is 2.73. The lowest BCUT2D eigenvalue weighted by Crippen LogP contribution is -2.27. The van der Waals surface area contributed by atoms with Crippen molar-refractivity contribution in [3.05, 3.63) is 24.0 Å². The van der Waals surface area contributed by atoms with Crippen molar-refractivity contribution in [2.24, 2.45) is 0 Å². The van der Waals surface area contributed by atoms with Crippen molar-refractivity contribution >= 4 is 29.0 Å². The Kier molecular flexibility index (Phi) is 5.62. The quantitative estimate of drug-likeness (QED) is 0.726. The molecule has 0 fully saturated rings. The molecule has 0 saturated heterocycles. The molecule has 0 aromatic heterocycles. The van der Waals surface area contributed by atoms with E-state index >= 15 is 0 Å². The minimum atomic E-state index is -0.511. The van der Waals surface area contributed by atoms with Crippen LogP contribution in [0.2, 0.25) is 0 Å². The Labute approximate surface area is 116 Å². The van der Waals surface area contributed by atoms with Crippen molar-refractivity contribution in [1.29, 1.82) is 0 Å².